The molecule has 0 radical (unpaired) electrons. The molecule has 2 aromatic heterocycles. The number of nitrogens with zero attached hydrogens (tertiary/aromatic N) is 5. The summed E-state index contributed by atoms with van der Waals surface area (Å²) in [6.45, 7) is 3.26. The number of anilines is 1. The topological polar surface area (TPSA) is 58.4 Å². The molecule has 2 fully saturated rings. The molecule has 2 aromatic rings. The normalized spacial score (nSPS) is 27.7. The van der Waals surface area contributed by atoms with Crippen LogP contribution in [0.2, 0.25) is 0 Å². The van der Waals surface area contributed by atoms with Crippen LogP contribution in [0.15, 0.2) is 18.7 Å². The molecule has 0 aliphatic carbocycles. The summed E-state index contributed by atoms with van der Waals surface area (Å²) >= 11 is 0. The summed E-state index contributed by atoms with van der Waals surface area (Å²) in [7, 11) is 0. The van der Waals surface area contributed by atoms with Gasteiger partial charge >= 0.3 is 0 Å². The van der Waals surface area contributed by atoms with E-state index in [-0.39, 0.29) is 0 Å². The second kappa shape index (κ2) is 3.91. The average molecular weight is 244 g/mol. The number of fused-ring (bicyclic) bond motifs is 2. The molecule has 1 N–H and O–H groups in total. The standard InChI is InChI=1S/C12H16N6/c1-2-9-6-18(7-10(9)13-3-1)11-12-16-15-8-17(12)5-4-14-11/h4-5,8-10,13H,1-3,6-7H2. The Bertz CT molecular complexity index is 550. The lowest BCUT2D eigenvalue weighted by Gasteiger charge is -2.24. The summed E-state index contributed by atoms with van der Waals surface area (Å²) in [5.41, 5.74) is 0.858. The predicted molar refractivity (Wildman–Crippen MR) is 67.5 cm³/mol. The fourth-order valence-corrected chi connectivity index (χ4v) is 3.19. The van der Waals surface area contributed by atoms with Gasteiger partial charge in [0.1, 0.15) is 6.33 Å². The van der Waals surface area contributed by atoms with Crippen LogP contribution in [0, 0.1) is 5.92 Å². The Hall–Kier alpha value is -1.69. The predicted octanol–water partition coefficient (Wildman–Crippen LogP) is 0.312. The van der Waals surface area contributed by atoms with E-state index in [0.29, 0.717) is 6.04 Å². The third kappa shape index (κ3) is 1.49. The van der Waals surface area contributed by atoms with E-state index >= 15 is 0 Å². The molecule has 6 nitrogen and oxygen atoms in total. The molecule has 0 amide bonds. The van der Waals surface area contributed by atoms with Crippen molar-refractivity contribution in [2.45, 2.75) is 18.9 Å². The monoisotopic (exact) mass is 244 g/mol. The summed E-state index contributed by atoms with van der Waals surface area (Å²) < 4.78 is 1.93. The number of rotatable bonds is 1. The van der Waals surface area contributed by atoms with Crippen molar-refractivity contribution in [1.82, 2.24) is 24.9 Å². The molecular weight excluding hydrogens is 228 g/mol. The quantitative estimate of drug-likeness (QED) is 0.782. The minimum Gasteiger partial charge on any atom is -0.352 e. The fraction of sp³-hybridized carbons (Fsp3) is 0.583. The maximum atomic E-state index is 4.49. The van der Waals surface area contributed by atoms with Crippen molar-refractivity contribution in [2.75, 3.05) is 24.5 Å². The van der Waals surface area contributed by atoms with E-state index in [0.717, 1.165) is 37.0 Å². The Balaban J connectivity index is 1.69. The maximum Gasteiger partial charge on any atom is 0.203 e. The molecule has 4 rings (SSSR count). The van der Waals surface area contributed by atoms with Crippen molar-refractivity contribution in [1.29, 1.82) is 0 Å². The number of nitrogens with one attached hydrogen (secondary N) is 1. The molecule has 2 aliphatic rings. The van der Waals surface area contributed by atoms with Crippen molar-refractivity contribution >= 4 is 11.5 Å². The largest absolute Gasteiger partial charge is 0.352 e. The molecule has 4 heterocycles. The van der Waals surface area contributed by atoms with E-state index in [4.69, 9.17) is 0 Å². The third-order valence-electron chi connectivity index (χ3n) is 4.10. The molecule has 0 aromatic carbocycles. The lowest BCUT2D eigenvalue weighted by molar-refractivity contribution is 0.340. The first-order valence-electron chi connectivity index (χ1n) is 6.54. The second-order valence-electron chi connectivity index (χ2n) is 5.18. The highest BCUT2D eigenvalue weighted by Gasteiger charge is 2.35. The van der Waals surface area contributed by atoms with Gasteiger partial charge in [-0.3, -0.25) is 4.40 Å². The second-order valence-corrected chi connectivity index (χ2v) is 5.18. The summed E-state index contributed by atoms with van der Waals surface area (Å²) in [5.74, 6) is 1.72. The van der Waals surface area contributed by atoms with Crippen molar-refractivity contribution < 1.29 is 0 Å². The molecule has 0 bridgehead atoms. The van der Waals surface area contributed by atoms with Crippen molar-refractivity contribution in [3.05, 3.63) is 18.7 Å². The zero-order valence-electron chi connectivity index (χ0n) is 10.2. The Kier molecular flexibility index (Phi) is 2.23. The Morgan fingerprint density at radius 1 is 1.33 bits per heavy atom. The van der Waals surface area contributed by atoms with E-state index in [1.807, 2.05) is 16.8 Å². The Morgan fingerprint density at radius 3 is 3.28 bits per heavy atom. The van der Waals surface area contributed by atoms with Crippen LogP contribution in [0.25, 0.3) is 5.65 Å². The first-order chi connectivity index (χ1) is 8.92. The SMILES string of the molecule is c1cn2cnnc2c(N2CC3CCCNC3C2)n1. The van der Waals surface area contributed by atoms with Gasteiger partial charge in [0.25, 0.3) is 0 Å². The molecule has 94 valence electrons. The third-order valence-corrected chi connectivity index (χ3v) is 4.10. The van der Waals surface area contributed by atoms with Crippen LogP contribution in [0.4, 0.5) is 5.82 Å². The first-order valence-corrected chi connectivity index (χ1v) is 6.54. The molecule has 2 saturated heterocycles. The van der Waals surface area contributed by atoms with Crippen LogP contribution in [-0.4, -0.2) is 45.3 Å². The molecule has 6 heteroatoms. The van der Waals surface area contributed by atoms with Gasteiger partial charge in [-0.2, -0.15) is 0 Å². The van der Waals surface area contributed by atoms with Gasteiger partial charge in [0.15, 0.2) is 5.82 Å². The number of hydrogen-bond acceptors (Lipinski definition) is 5. The van der Waals surface area contributed by atoms with E-state index < -0.39 is 0 Å². The molecule has 0 spiro atoms. The zero-order valence-corrected chi connectivity index (χ0v) is 10.2. The highest BCUT2D eigenvalue weighted by molar-refractivity contribution is 5.63. The number of piperidine rings is 1. The van der Waals surface area contributed by atoms with Crippen LogP contribution in [-0.2, 0) is 0 Å². The van der Waals surface area contributed by atoms with Crippen LogP contribution in [0.1, 0.15) is 12.8 Å². The van der Waals surface area contributed by atoms with Gasteiger partial charge in [0, 0.05) is 31.5 Å². The van der Waals surface area contributed by atoms with Gasteiger partial charge < -0.3 is 10.2 Å². The van der Waals surface area contributed by atoms with Crippen LogP contribution in [0.3, 0.4) is 0 Å². The Morgan fingerprint density at radius 2 is 2.33 bits per heavy atom. The van der Waals surface area contributed by atoms with Crippen LogP contribution >= 0.6 is 0 Å². The lowest BCUT2D eigenvalue weighted by atomic mass is 9.94. The minimum atomic E-state index is 0.615. The molecule has 0 saturated carbocycles. The van der Waals surface area contributed by atoms with Gasteiger partial charge in [-0.05, 0) is 25.3 Å². The van der Waals surface area contributed by atoms with Gasteiger partial charge in [0.05, 0.1) is 0 Å². The molecule has 18 heavy (non-hydrogen) atoms. The van der Waals surface area contributed by atoms with Crippen molar-refractivity contribution in [2.24, 2.45) is 5.92 Å². The highest BCUT2D eigenvalue weighted by Crippen LogP contribution is 2.29. The zero-order chi connectivity index (χ0) is 11.9. The summed E-state index contributed by atoms with van der Waals surface area (Å²) in [4.78, 5) is 6.84. The first kappa shape index (κ1) is 10.3. The smallest absolute Gasteiger partial charge is 0.203 e. The van der Waals surface area contributed by atoms with Gasteiger partial charge in [0.2, 0.25) is 5.65 Å². The van der Waals surface area contributed by atoms with Crippen LogP contribution in [0.5, 0.6) is 0 Å². The van der Waals surface area contributed by atoms with Gasteiger partial charge in [-0.15, -0.1) is 10.2 Å². The highest BCUT2D eigenvalue weighted by atomic mass is 15.3. The summed E-state index contributed by atoms with van der Waals surface area (Å²) in [6, 6.07) is 0.615. The molecule has 2 aliphatic heterocycles. The van der Waals surface area contributed by atoms with E-state index in [1.165, 1.54) is 12.8 Å². The number of aromatic nitrogens is 4. The minimum absolute atomic E-state index is 0.615. The van der Waals surface area contributed by atoms with Gasteiger partial charge in [-0.1, -0.05) is 0 Å². The van der Waals surface area contributed by atoms with E-state index in [2.05, 4.69) is 25.4 Å². The number of hydrogen-bond donors (Lipinski definition) is 1. The van der Waals surface area contributed by atoms with Crippen LogP contribution < -0.4 is 10.2 Å². The average Bonchev–Trinajstić information content (AvgIpc) is 3.04. The summed E-state index contributed by atoms with van der Waals surface area (Å²) in [5, 5.41) is 11.7. The van der Waals surface area contributed by atoms with E-state index in [1.54, 1.807) is 6.33 Å². The summed E-state index contributed by atoms with van der Waals surface area (Å²) in [6.07, 6.45) is 8.05. The lowest BCUT2D eigenvalue weighted by Crippen LogP contribution is -2.40. The molecule has 2 unspecified atom stereocenters. The van der Waals surface area contributed by atoms with Gasteiger partial charge in [-0.25, -0.2) is 4.98 Å². The Labute approximate surface area is 105 Å². The van der Waals surface area contributed by atoms with Crippen molar-refractivity contribution in [3.63, 3.8) is 0 Å². The van der Waals surface area contributed by atoms with E-state index in [9.17, 15) is 0 Å². The maximum absolute atomic E-state index is 4.49. The fourth-order valence-electron chi connectivity index (χ4n) is 3.19. The molecular formula is C12H16N6. The van der Waals surface area contributed by atoms with Crippen molar-refractivity contribution in [3.8, 4) is 0 Å². The molecule has 2 atom stereocenters.